The molecule has 3 rings (SSSR count). The average Bonchev–Trinajstić information content (AvgIpc) is 3.32. The van der Waals surface area contributed by atoms with Crippen molar-refractivity contribution in [3.05, 3.63) is 53.4 Å². The first-order chi connectivity index (χ1) is 12.6. The van der Waals surface area contributed by atoms with E-state index in [-0.39, 0.29) is 0 Å². The highest BCUT2D eigenvalue weighted by atomic mass is 32.2. The Balaban J connectivity index is 1.47. The molecule has 7 nitrogen and oxygen atoms in total. The summed E-state index contributed by atoms with van der Waals surface area (Å²) in [7, 11) is 0. The van der Waals surface area contributed by atoms with E-state index in [0.29, 0.717) is 17.5 Å². The molecule has 2 heterocycles. The van der Waals surface area contributed by atoms with E-state index in [2.05, 4.69) is 25.8 Å². The van der Waals surface area contributed by atoms with Crippen LogP contribution in [0.4, 0.5) is 4.79 Å². The largest absolute Gasteiger partial charge is 0.334 e. The molecular weight excluding hydrogens is 370 g/mol. The van der Waals surface area contributed by atoms with Crippen molar-refractivity contribution in [2.75, 3.05) is 0 Å². The summed E-state index contributed by atoms with van der Waals surface area (Å²) in [4.78, 5) is 29.3. The lowest BCUT2D eigenvalue weighted by atomic mass is 10.2. The van der Waals surface area contributed by atoms with Crippen molar-refractivity contribution >= 4 is 35.0 Å². The summed E-state index contributed by atoms with van der Waals surface area (Å²) in [5, 5.41) is 13.8. The lowest BCUT2D eigenvalue weighted by Gasteiger charge is -2.10. The zero-order chi connectivity index (χ0) is 18.4. The van der Waals surface area contributed by atoms with Crippen LogP contribution >= 0.6 is 23.1 Å². The molecule has 9 heteroatoms. The molecule has 3 N–H and O–H groups in total. The van der Waals surface area contributed by atoms with E-state index in [1.54, 1.807) is 18.3 Å². The maximum absolute atomic E-state index is 12.1. The molecule has 0 aliphatic carbocycles. The summed E-state index contributed by atoms with van der Waals surface area (Å²) in [5.74, 6) is 0.263. The number of aromatic nitrogens is 3. The van der Waals surface area contributed by atoms with Gasteiger partial charge in [-0.25, -0.2) is 9.78 Å². The number of carbonyl (C=O) groups excluding carboxylic acids is 2. The van der Waals surface area contributed by atoms with Gasteiger partial charge in [0.05, 0.1) is 10.1 Å². The molecule has 0 saturated carbocycles. The van der Waals surface area contributed by atoms with Gasteiger partial charge in [-0.3, -0.25) is 15.2 Å². The molecular formula is C17H17N5O2S2. The van der Waals surface area contributed by atoms with Crippen LogP contribution in [-0.2, 0) is 11.3 Å². The Kier molecular flexibility index (Phi) is 6.03. The van der Waals surface area contributed by atoms with Gasteiger partial charge in [0.2, 0.25) is 11.1 Å². The molecule has 3 amide bonds. The van der Waals surface area contributed by atoms with Crippen LogP contribution in [0.25, 0.3) is 10.7 Å². The number of carbonyl (C=O) groups is 2. The van der Waals surface area contributed by atoms with Crippen molar-refractivity contribution in [2.24, 2.45) is 0 Å². The van der Waals surface area contributed by atoms with Gasteiger partial charge in [-0.05, 0) is 23.9 Å². The Bertz CT molecular complexity index is 864. The van der Waals surface area contributed by atoms with Crippen molar-refractivity contribution < 1.29 is 9.59 Å². The van der Waals surface area contributed by atoms with Crippen molar-refractivity contribution in [1.82, 2.24) is 25.8 Å². The molecule has 0 radical (unpaired) electrons. The van der Waals surface area contributed by atoms with E-state index in [9.17, 15) is 9.59 Å². The maximum atomic E-state index is 12.1. The number of nitrogens with one attached hydrogen (secondary N) is 3. The third-order valence-electron chi connectivity index (χ3n) is 3.40. The summed E-state index contributed by atoms with van der Waals surface area (Å²) >= 11 is 2.74. The summed E-state index contributed by atoms with van der Waals surface area (Å²) in [5.41, 5.74) is 0.958. The predicted molar refractivity (Wildman–Crippen MR) is 102 cm³/mol. The molecule has 0 saturated heterocycles. The van der Waals surface area contributed by atoms with Crippen LogP contribution in [0.15, 0.2) is 53.0 Å². The highest BCUT2D eigenvalue weighted by molar-refractivity contribution is 8.00. The molecule has 0 aliphatic rings. The van der Waals surface area contributed by atoms with Crippen molar-refractivity contribution in [2.45, 2.75) is 23.9 Å². The van der Waals surface area contributed by atoms with E-state index >= 15 is 0 Å². The Labute approximate surface area is 158 Å². The fraction of sp³-hybridized carbons (Fsp3) is 0.176. The lowest BCUT2D eigenvalue weighted by molar-refractivity contribution is -0.119. The van der Waals surface area contributed by atoms with Gasteiger partial charge in [0.15, 0.2) is 5.82 Å². The number of amides is 3. The van der Waals surface area contributed by atoms with Crippen LogP contribution in [0.2, 0.25) is 0 Å². The first-order valence-corrected chi connectivity index (χ1v) is 9.63. The van der Waals surface area contributed by atoms with Crippen LogP contribution in [0.3, 0.4) is 0 Å². The molecule has 3 aromatic rings. The number of rotatable bonds is 6. The fourth-order valence-corrected chi connectivity index (χ4v) is 3.46. The SMILES string of the molecule is C[C@H](Sc1n[nH]c(-c2cccs2)n1)C(=O)NC(=O)NCc1ccccc1. The Morgan fingerprint density at radius 2 is 2.04 bits per heavy atom. The third-order valence-corrected chi connectivity index (χ3v) is 5.24. The van der Waals surface area contributed by atoms with Gasteiger partial charge in [-0.15, -0.1) is 16.4 Å². The van der Waals surface area contributed by atoms with Gasteiger partial charge in [-0.2, -0.15) is 0 Å². The number of aromatic amines is 1. The summed E-state index contributed by atoms with van der Waals surface area (Å²) in [6, 6.07) is 12.8. The van der Waals surface area contributed by atoms with Crippen LogP contribution < -0.4 is 10.6 Å². The topological polar surface area (TPSA) is 99.8 Å². The lowest BCUT2D eigenvalue weighted by Crippen LogP contribution is -2.42. The zero-order valence-corrected chi connectivity index (χ0v) is 15.6. The Morgan fingerprint density at radius 3 is 2.77 bits per heavy atom. The third kappa shape index (κ3) is 4.93. The number of thioether (sulfide) groups is 1. The Hall–Kier alpha value is -2.65. The molecule has 0 unspecified atom stereocenters. The van der Waals surface area contributed by atoms with Gasteiger partial charge in [0.1, 0.15) is 0 Å². The molecule has 134 valence electrons. The Morgan fingerprint density at radius 1 is 1.23 bits per heavy atom. The highest BCUT2D eigenvalue weighted by Crippen LogP contribution is 2.25. The molecule has 1 atom stereocenters. The number of urea groups is 1. The number of imide groups is 1. The highest BCUT2D eigenvalue weighted by Gasteiger charge is 2.19. The predicted octanol–water partition coefficient (Wildman–Crippen LogP) is 3.04. The van der Waals surface area contributed by atoms with Crippen molar-refractivity contribution in [1.29, 1.82) is 0 Å². The number of nitrogens with zero attached hydrogens (tertiary/aromatic N) is 2. The van der Waals surface area contributed by atoms with Crippen LogP contribution in [-0.4, -0.2) is 32.4 Å². The van der Waals surface area contributed by atoms with Gasteiger partial charge in [-0.1, -0.05) is 48.2 Å². The van der Waals surface area contributed by atoms with E-state index in [1.165, 1.54) is 11.8 Å². The first-order valence-electron chi connectivity index (χ1n) is 7.87. The molecule has 1 aromatic carbocycles. The minimum atomic E-state index is -0.527. The molecule has 2 aromatic heterocycles. The number of H-pyrrole nitrogens is 1. The zero-order valence-electron chi connectivity index (χ0n) is 13.9. The number of thiophene rings is 1. The number of hydrogen-bond donors (Lipinski definition) is 3. The van der Waals surface area contributed by atoms with Gasteiger partial charge in [0.25, 0.3) is 0 Å². The van der Waals surface area contributed by atoms with Crippen molar-refractivity contribution in [3.63, 3.8) is 0 Å². The van der Waals surface area contributed by atoms with Gasteiger partial charge >= 0.3 is 6.03 Å². The van der Waals surface area contributed by atoms with Crippen LogP contribution in [0.1, 0.15) is 12.5 Å². The average molecular weight is 387 g/mol. The second kappa shape index (κ2) is 8.63. The summed E-state index contributed by atoms with van der Waals surface area (Å²) in [6.07, 6.45) is 0. The van der Waals surface area contributed by atoms with Gasteiger partial charge < -0.3 is 5.32 Å². The summed E-state index contributed by atoms with van der Waals surface area (Å²) < 4.78 is 0. The standard InChI is InChI=1S/C17H17N5O2S2/c1-11(26-17-19-14(21-22-17)13-8-5-9-25-13)15(23)20-16(24)18-10-12-6-3-2-4-7-12/h2-9,11H,10H2,1H3,(H,19,21,22)(H2,18,20,23,24)/t11-/m0/s1. The van der Waals surface area contributed by atoms with E-state index in [4.69, 9.17) is 0 Å². The maximum Gasteiger partial charge on any atom is 0.321 e. The minimum Gasteiger partial charge on any atom is -0.334 e. The summed E-state index contributed by atoms with van der Waals surface area (Å²) in [6.45, 7) is 2.05. The first kappa shape index (κ1) is 18.2. The monoisotopic (exact) mass is 387 g/mol. The molecule has 0 aliphatic heterocycles. The quantitative estimate of drug-likeness (QED) is 0.565. The second-order valence-corrected chi connectivity index (χ2v) is 7.62. The smallest absolute Gasteiger partial charge is 0.321 e. The molecule has 26 heavy (non-hydrogen) atoms. The number of hydrogen-bond acceptors (Lipinski definition) is 6. The van der Waals surface area contributed by atoms with Crippen molar-refractivity contribution in [3.8, 4) is 10.7 Å². The van der Waals surface area contributed by atoms with E-state index in [1.807, 2.05) is 47.8 Å². The fourth-order valence-electron chi connectivity index (χ4n) is 2.07. The van der Waals surface area contributed by atoms with Gasteiger partial charge in [0, 0.05) is 6.54 Å². The molecule has 0 fully saturated rings. The molecule has 0 bridgehead atoms. The van der Waals surface area contributed by atoms with Crippen LogP contribution in [0.5, 0.6) is 0 Å². The molecule has 0 spiro atoms. The van der Waals surface area contributed by atoms with Crippen LogP contribution in [0, 0.1) is 0 Å². The normalized spacial score (nSPS) is 11.7. The van der Waals surface area contributed by atoms with E-state index < -0.39 is 17.2 Å². The van der Waals surface area contributed by atoms with E-state index in [0.717, 1.165) is 10.4 Å². The second-order valence-electron chi connectivity index (χ2n) is 5.36. The minimum absolute atomic E-state index is 0.354. The number of benzene rings is 1.